The number of ether oxygens (including phenoxy) is 2. The van der Waals surface area contributed by atoms with Crippen LogP contribution in [-0.2, 0) is 11.4 Å². The average Bonchev–Trinajstić information content (AvgIpc) is 2.44. The minimum Gasteiger partial charge on any atom is -0.490 e. The van der Waals surface area contributed by atoms with Crippen LogP contribution in [0, 0.1) is 0 Å². The first-order valence-electron chi connectivity index (χ1n) is 7.00. The van der Waals surface area contributed by atoms with E-state index in [0.29, 0.717) is 35.9 Å². The van der Waals surface area contributed by atoms with Crippen molar-refractivity contribution in [1.82, 2.24) is 0 Å². The summed E-state index contributed by atoms with van der Waals surface area (Å²) in [6, 6.07) is 3.49. The average molecular weight is 291 g/mol. The lowest BCUT2D eigenvalue weighted by Gasteiger charge is -2.34. The molecule has 0 fully saturated rings. The van der Waals surface area contributed by atoms with Gasteiger partial charge >= 0.3 is 0 Å². The number of carbonyl (C=O) groups is 1. The van der Waals surface area contributed by atoms with Gasteiger partial charge in [-0.15, -0.1) is 0 Å². The highest BCUT2D eigenvalue weighted by Crippen LogP contribution is 2.43. The molecule has 114 valence electrons. The maximum absolute atomic E-state index is 12.3. The van der Waals surface area contributed by atoms with Crippen LogP contribution in [0.2, 0.25) is 0 Å². The number of carbonyl (C=O) groups excluding carboxylic acids is 1. The van der Waals surface area contributed by atoms with E-state index in [0.717, 1.165) is 5.57 Å². The number of nitrogens with zero attached hydrogens (tertiary/aromatic N) is 1. The van der Waals surface area contributed by atoms with Gasteiger partial charge in [-0.3, -0.25) is 4.79 Å². The molecule has 1 heterocycles. The van der Waals surface area contributed by atoms with Crippen molar-refractivity contribution in [2.24, 2.45) is 0 Å². The van der Waals surface area contributed by atoms with Crippen LogP contribution in [-0.4, -0.2) is 30.3 Å². The lowest BCUT2D eigenvalue weighted by molar-refractivity contribution is -0.125. The SMILES string of the molecule is C=C(C)CN1C(=O)C(C)Oc2c(OCC)cc(CO)cc21. The number of rotatable bonds is 5. The Labute approximate surface area is 124 Å². The summed E-state index contributed by atoms with van der Waals surface area (Å²) in [4.78, 5) is 14.0. The van der Waals surface area contributed by atoms with Crippen LogP contribution in [0.15, 0.2) is 24.3 Å². The molecule has 2 rings (SSSR count). The molecule has 5 nitrogen and oxygen atoms in total. The molecule has 1 N–H and O–H groups in total. The minimum atomic E-state index is -0.573. The predicted octanol–water partition coefficient (Wildman–Crippen LogP) is 2.27. The Morgan fingerprint density at radius 2 is 2.24 bits per heavy atom. The fourth-order valence-electron chi connectivity index (χ4n) is 2.31. The van der Waals surface area contributed by atoms with E-state index in [1.165, 1.54) is 0 Å². The highest BCUT2D eigenvalue weighted by Gasteiger charge is 2.33. The summed E-state index contributed by atoms with van der Waals surface area (Å²) < 4.78 is 11.3. The van der Waals surface area contributed by atoms with Gasteiger partial charge in [-0.05, 0) is 38.5 Å². The molecule has 0 aromatic heterocycles. The zero-order valence-electron chi connectivity index (χ0n) is 12.7. The first-order chi connectivity index (χ1) is 9.97. The summed E-state index contributed by atoms with van der Waals surface area (Å²) in [5.74, 6) is 0.968. The highest BCUT2D eigenvalue weighted by molar-refractivity contribution is 6.00. The molecule has 1 atom stereocenters. The zero-order valence-corrected chi connectivity index (χ0v) is 12.7. The number of benzene rings is 1. The van der Waals surface area contributed by atoms with Crippen molar-refractivity contribution in [2.75, 3.05) is 18.1 Å². The van der Waals surface area contributed by atoms with Crippen LogP contribution in [0.1, 0.15) is 26.3 Å². The Balaban J connectivity index is 2.56. The predicted molar refractivity (Wildman–Crippen MR) is 80.8 cm³/mol. The Kier molecular flexibility index (Phi) is 4.53. The minimum absolute atomic E-state index is 0.122. The molecule has 0 saturated heterocycles. The summed E-state index contributed by atoms with van der Waals surface area (Å²) in [5, 5.41) is 9.40. The first kappa shape index (κ1) is 15.4. The van der Waals surface area contributed by atoms with E-state index in [-0.39, 0.29) is 12.5 Å². The summed E-state index contributed by atoms with van der Waals surface area (Å²) in [7, 11) is 0. The Bertz CT molecular complexity index is 568. The second-order valence-corrected chi connectivity index (χ2v) is 5.17. The molecule has 0 saturated carbocycles. The fourth-order valence-corrected chi connectivity index (χ4v) is 2.31. The molecule has 0 radical (unpaired) electrons. The molecule has 0 spiro atoms. The number of aliphatic hydroxyl groups excluding tert-OH is 1. The third kappa shape index (κ3) is 3.03. The Morgan fingerprint density at radius 1 is 1.52 bits per heavy atom. The van der Waals surface area contributed by atoms with Gasteiger partial charge in [0.15, 0.2) is 17.6 Å². The van der Waals surface area contributed by atoms with E-state index < -0.39 is 6.10 Å². The van der Waals surface area contributed by atoms with Crippen molar-refractivity contribution in [3.63, 3.8) is 0 Å². The van der Waals surface area contributed by atoms with Gasteiger partial charge in [-0.1, -0.05) is 12.2 Å². The van der Waals surface area contributed by atoms with Crippen LogP contribution in [0.25, 0.3) is 0 Å². The Hall–Kier alpha value is -2.01. The van der Waals surface area contributed by atoms with E-state index in [2.05, 4.69) is 6.58 Å². The number of anilines is 1. The van der Waals surface area contributed by atoms with Gasteiger partial charge in [0.2, 0.25) is 0 Å². The first-order valence-corrected chi connectivity index (χ1v) is 7.00. The molecule has 1 unspecified atom stereocenters. The maximum atomic E-state index is 12.3. The number of hydrogen-bond acceptors (Lipinski definition) is 4. The molecule has 1 aliphatic rings. The van der Waals surface area contributed by atoms with Gasteiger partial charge in [0, 0.05) is 6.54 Å². The molecule has 1 amide bonds. The molecule has 1 aromatic rings. The smallest absolute Gasteiger partial charge is 0.268 e. The van der Waals surface area contributed by atoms with Crippen molar-refractivity contribution in [1.29, 1.82) is 0 Å². The number of fused-ring (bicyclic) bond motifs is 1. The molecule has 1 aromatic carbocycles. The number of hydrogen-bond donors (Lipinski definition) is 1. The molecular formula is C16H21NO4. The van der Waals surface area contributed by atoms with E-state index in [9.17, 15) is 9.90 Å². The van der Waals surface area contributed by atoms with Gasteiger partial charge in [0.1, 0.15) is 0 Å². The largest absolute Gasteiger partial charge is 0.490 e. The van der Waals surface area contributed by atoms with Crippen LogP contribution < -0.4 is 14.4 Å². The zero-order chi connectivity index (χ0) is 15.6. The topological polar surface area (TPSA) is 59.0 Å². The van der Waals surface area contributed by atoms with Gasteiger partial charge < -0.3 is 19.5 Å². The van der Waals surface area contributed by atoms with Crippen LogP contribution in [0.3, 0.4) is 0 Å². The monoisotopic (exact) mass is 291 g/mol. The van der Waals surface area contributed by atoms with Gasteiger partial charge in [0.25, 0.3) is 5.91 Å². The third-order valence-electron chi connectivity index (χ3n) is 3.20. The van der Waals surface area contributed by atoms with Gasteiger partial charge in [-0.2, -0.15) is 0 Å². The van der Waals surface area contributed by atoms with E-state index in [1.807, 2.05) is 13.8 Å². The summed E-state index contributed by atoms with van der Waals surface area (Å²) in [5.41, 5.74) is 2.17. The molecule has 0 aliphatic carbocycles. The number of amides is 1. The second kappa shape index (κ2) is 6.18. The fraction of sp³-hybridized carbons (Fsp3) is 0.438. The van der Waals surface area contributed by atoms with Gasteiger partial charge in [-0.25, -0.2) is 0 Å². The number of aliphatic hydroxyl groups is 1. The van der Waals surface area contributed by atoms with Crippen molar-refractivity contribution < 1.29 is 19.4 Å². The van der Waals surface area contributed by atoms with Crippen molar-refractivity contribution in [2.45, 2.75) is 33.5 Å². The lowest BCUT2D eigenvalue weighted by atomic mass is 10.1. The molecular weight excluding hydrogens is 270 g/mol. The molecule has 1 aliphatic heterocycles. The van der Waals surface area contributed by atoms with Crippen LogP contribution >= 0.6 is 0 Å². The Morgan fingerprint density at radius 3 is 2.81 bits per heavy atom. The van der Waals surface area contributed by atoms with E-state index in [1.54, 1.807) is 24.0 Å². The molecule has 5 heteroatoms. The highest BCUT2D eigenvalue weighted by atomic mass is 16.5. The van der Waals surface area contributed by atoms with Crippen molar-refractivity contribution in [3.05, 3.63) is 29.8 Å². The lowest BCUT2D eigenvalue weighted by Crippen LogP contribution is -2.45. The van der Waals surface area contributed by atoms with Gasteiger partial charge in [0.05, 0.1) is 18.9 Å². The van der Waals surface area contributed by atoms with Crippen molar-refractivity contribution >= 4 is 11.6 Å². The molecule has 21 heavy (non-hydrogen) atoms. The standard InChI is InChI=1S/C16H21NO4/c1-5-20-14-7-12(9-18)6-13-15(14)21-11(4)16(19)17(13)8-10(2)3/h6-7,11,18H,2,5,8-9H2,1,3-4H3. The van der Waals surface area contributed by atoms with Crippen LogP contribution in [0.5, 0.6) is 11.5 Å². The summed E-state index contributed by atoms with van der Waals surface area (Å²) >= 11 is 0. The van der Waals surface area contributed by atoms with Crippen molar-refractivity contribution in [3.8, 4) is 11.5 Å². The maximum Gasteiger partial charge on any atom is 0.268 e. The van der Waals surface area contributed by atoms with E-state index >= 15 is 0 Å². The quantitative estimate of drug-likeness (QED) is 0.845. The molecule has 0 bridgehead atoms. The van der Waals surface area contributed by atoms with Crippen LogP contribution in [0.4, 0.5) is 5.69 Å². The third-order valence-corrected chi connectivity index (χ3v) is 3.20. The summed E-state index contributed by atoms with van der Waals surface area (Å²) in [6.07, 6.45) is -0.573. The summed E-state index contributed by atoms with van der Waals surface area (Å²) in [6.45, 7) is 10.1. The second-order valence-electron chi connectivity index (χ2n) is 5.17. The van der Waals surface area contributed by atoms with E-state index in [4.69, 9.17) is 9.47 Å². The normalized spacial score (nSPS) is 17.2.